The van der Waals surface area contributed by atoms with Crippen molar-refractivity contribution in [3.63, 3.8) is 0 Å². The number of rotatable bonds is 6. The highest BCUT2D eigenvalue weighted by molar-refractivity contribution is 7.99. The smallest absolute Gasteiger partial charge is 0.313 e. The summed E-state index contributed by atoms with van der Waals surface area (Å²) in [6, 6.07) is 0.349. The quantitative estimate of drug-likeness (QED) is 0.818. The molecule has 5 nitrogen and oxygen atoms in total. The molecule has 1 N–H and O–H groups in total. The second kappa shape index (κ2) is 6.63. The third-order valence-electron chi connectivity index (χ3n) is 4.11. The minimum absolute atomic E-state index is 0.0398. The first-order valence-corrected chi connectivity index (χ1v) is 8.10. The molecule has 1 fully saturated rings. The molecule has 1 aromatic rings. The summed E-state index contributed by atoms with van der Waals surface area (Å²) >= 11 is 1.28. The van der Waals surface area contributed by atoms with Gasteiger partial charge in [-0.15, -0.1) is 0 Å². The van der Waals surface area contributed by atoms with Crippen LogP contribution in [0.2, 0.25) is 0 Å². The molecule has 0 amide bonds. The van der Waals surface area contributed by atoms with Gasteiger partial charge in [-0.3, -0.25) is 4.79 Å². The van der Waals surface area contributed by atoms with Crippen molar-refractivity contribution in [2.75, 3.05) is 12.4 Å². The highest BCUT2D eigenvalue weighted by atomic mass is 32.2. The maximum atomic E-state index is 10.7. The van der Waals surface area contributed by atoms with E-state index < -0.39 is 5.97 Å². The second-order valence-corrected chi connectivity index (χ2v) is 6.13. The van der Waals surface area contributed by atoms with E-state index in [1.165, 1.54) is 11.8 Å². The Morgan fingerprint density at radius 2 is 2.35 bits per heavy atom. The molecule has 0 spiro atoms. The Bertz CT molecular complexity index is 457. The van der Waals surface area contributed by atoms with Crippen LogP contribution >= 0.6 is 11.8 Å². The molecule has 112 valence electrons. The van der Waals surface area contributed by atoms with Crippen molar-refractivity contribution in [3.8, 4) is 0 Å². The van der Waals surface area contributed by atoms with Crippen molar-refractivity contribution in [3.05, 3.63) is 12.4 Å². The summed E-state index contributed by atoms with van der Waals surface area (Å²) in [5.74, 6) is -0.764. The van der Waals surface area contributed by atoms with E-state index in [0.717, 1.165) is 37.4 Å². The molecule has 2 heterocycles. The van der Waals surface area contributed by atoms with E-state index in [1.807, 2.05) is 6.20 Å². The van der Waals surface area contributed by atoms with Crippen LogP contribution in [0.4, 0.5) is 0 Å². The van der Waals surface area contributed by atoms with Crippen molar-refractivity contribution in [2.45, 2.75) is 56.3 Å². The third kappa shape index (κ3) is 3.35. The van der Waals surface area contributed by atoms with Gasteiger partial charge >= 0.3 is 5.97 Å². The van der Waals surface area contributed by atoms with Crippen LogP contribution < -0.4 is 0 Å². The van der Waals surface area contributed by atoms with E-state index in [9.17, 15) is 4.79 Å². The fraction of sp³-hybridized carbons (Fsp3) is 0.714. The summed E-state index contributed by atoms with van der Waals surface area (Å²) in [5, 5.41) is 9.59. The number of aromatic nitrogens is 2. The standard InChI is InChI=1S/C14H22N2O3S/c1-3-14(4-2)9-11(5-8-19-14)16-7-6-15-13(16)20-10-12(17)18/h6-7,11H,3-5,8-10H2,1-2H3,(H,17,18). The molecule has 1 saturated heterocycles. The molecule has 0 saturated carbocycles. The SMILES string of the molecule is CCC1(CC)CC(n2ccnc2SCC(=O)O)CCO1. The number of carboxylic acids is 1. The maximum absolute atomic E-state index is 10.7. The van der Waals surface area contributed by atoms with Crippen LogP contribution in [0.25, 0.3) is 0 Å². The number of imidazole rings is 1. The van der Waals surface area contributed by atoms with Gasteiger partial charge in [-0.25, -0.2) is 4.98 Å². The van der Waals surface area contributed by atoms with E-state index in [1.54, 1.807) is 6.20 Å². The molecule has 0 radical (unpaired) electrons. The zero-order valence-electron chi connectivity index (χ0n) is 12.0. The van der Waals surface area contributed by atoms with Gasteiger partial charge in [-0.1, -0.05) is 25.6 Å². The molecule has 0 aliphatic carbocycles. The van der Waals surface area contributed by atoms with Crippen LogP contribution in [-0.4, -0.2) is 38.6 Å². The lowest BCUT2D eigenvalue weighted by atomic mass is 9.86. The van der Waals surface area contributed by atoms with Crippen molar-refractivity contribution >= 4 is 17.7 Å². The highest BCUT2D eigenvalue weighted by Gasteiger charge is 2.35. The van der Waals surface area contributed by atoms with E-state index in [-0.39, 0.29) is 11.4 Å². The Labute approximate surface area is 123 Å². The molecular weight excluding hydrogens is 276 g/mol. The van der Waals surface area contributed by atoms with Crippen LogP contribution in [-0.2, 0) is 9.53 Å². The number of hydrogen-bond donors (Lipinski definition) is 1. The van der Waals surface area contributed by atoms with Crippen molar-refractivity contribution < 1.29 is 14.6 Å². The van der Waals surface area contributed by atoms with E-state index >= 15 is 0 Å². The predicted molar refractivity (Wildman–Crippen MR) is 78.1 cm³/mol. The first kappa shape index (κ1) is 15.4. The number of ether oxygens (including phenoxy) is 1. The Balaban J connectivity index is 2.11. The second-order valence-electron chi connectivity index (χ2n) is 5.18. The van der Waals surface area contributed by atoms with Gasteiger partial charge < -0.3 is 14.4 Å². The van der Waals surface area contributed by atoms with Gasteiger partial charge in [0.15, 0.2) is 5.16 Å². The molecule has 1 aliphatic heterocycles. The summed E-state index contributed by atoms with van der Waals surface area (Å²) in [5.41, 5.74) is -0.0398. The number of nitrogens with zero attached hydrogens (tertiary/aromatic N) is 2. The molecule has 2 rings (SSSR count). The number of aliphatic carboxylic acids is 1. The lowest BCUT2D eigenvalue weighted by Gasteiger charge is -2.40. The maximum Gasteiger partial charge on any atom is 0.313 e. The molecule has 1 aliphatic rings. The van der Waals surface area contributed by atoms with Gasteiger partial charge in [0.05, 0.1) is 11.4 Å². The van der Waals surface area contributed by atoms with Gasteiger partial charge in [-0.2, -0.15) is 0 Å². The lowest BCUT2D eigenvalue weighted by molar-refractivity contribution is -0.133. The Kier molecular flexibility index (Phi) is 5.10. The van der Waals surface area contributed by atoms with Gasteiger partial charge in [-0.05, 0) is 25.7 Å². The molecule has 20 heavy (non-hydrogen) atoms. The minimum atomic E-state index is -0.812. The Morgan fingerprint density at radius 3 is 3.00 bits per heavy atom. The van der Waals surface area contributed by atoms with Crippen molar-refractivity contribution in [1.29, 1.82) is 0 Å². The average molecular weight is 298 g/mol. The summed E-state index contributed by atoms with van der Waals surface area (Å²) in [6.07, 6.45) is 7.64. The first-order valence-electron chi connectivity index (χ1n) is 7.11. The van der Waals surface area contributed by atoms with E-state index in [4.69, 9.17) is 9.84 Å². The fourth-order valence-electron chi connectivity index (χ4n) is 2.80. The van der Waals surface area contributed by atoms with E-state index in [2.05, 4.69) is 23.4 Å². The van der Waals surface area contributed by atoms with Crippen molar-refractivity contribution in [2.24, 2.45) is 0 Å². The number of carboxylic acid groups (broad SMARTS) is 1. The lowest BCUT2D eigenvalue weighted by Crippen LogP contribution is -2.39. The molecule has 1 aromatic heterocycles. The Morgan fingerprint density at radius 1 is 1.60 bits per heavy atom. The minimum Gasteiger partial charge on any atom is -0.481 e. The summed E-state index contributed by atoms with van der Waals surface area (Å²) in [6.45, 7) is 5.09. The summed E-state index contributed by atoms with van der Waals surface area (Å²) in [7, 11) is 0. The van der Waals surface area contributed by atoms with Crippen molar-refractivity contribution in [1.82, 2.24) is 9.55 Å². The number of thioether (sulfide) groups is 1. The van der Waals surface area contributed by atoms with Gasteiger partial charge in [0, 0.05) is 25.0 Å². The third-order valence-corrected chi connectivity index (χ3v) is 5.07. The monoisotopic (exact) mass is 298 g/mol. The van der Waals surface area contributed by atoms with Crippen LogP contribution in [0.15, 0.2) is 17.6 Å². The molecule has 6 heteroatoms. The first-order chi connectivity index (χ1) is 9.60. The largest absolute Gasteiger partial charge is 0.481 e. The van der Waals surface area contributed by atoms with Crippen LogP contribution in [0.3, 0.4) is 0 Å². The fourth-order valence-corrected chi connectivity index (χ4v) is 3.54. The Hall–Kier alpha value is -1.01. The van der Waals surface area contributed by atoms with Crippen LogP contribution in [0, 0.1) is 0 Å². The van der Waals surface area contributed by atoms with Gasteiger partial charge in [0.25, 0.3) is 0 Å². The molecule has 0 bridgehead atoms. The highest BCUT2D eigenvalue weighted by Crippen LogP contribution is 2.38. The summed E-state index contributed by atoms with van der Waals surface area (Å²) in [4.78, 5) is 15.0. The zero-order valence-corrected chi connectivity index (χ0v) is 12.9. The molecule has 1 unspecified atom stereocenters. The average Bonchev–Trinajstić information content (AvgIpc) is 2.93. The number of hydrogen-bond acceptors (Lipinski definition) is 4. The van der Waals surface area contributed by atoms with Gasteiger partial charge in [0.2, 0.25) is 0 Å². The molecule has 0 aromatic carbocycles. The number of carbonyl (C=O) groups is 1. The topological polar surface area (TPSA) is 64.4 Å². The molecular formula is C14H22N2O3S. The normalized spacial score (nSPS) is 21.8. The van der Waals surface area contributed by atoms with E-state index in [0.29, 0.717) is 6.04 Å². The predicted octanol–water partition coefficient (Wildman–Crippen LogP) is 2.97. The van der Waals surface area contributed by atoms with Crippen LogP contribution in [0.1, 0.15) is 45.6 Å². The van der Waals surface area contributed by atoms with Crippen LogP contribution in [0.5, 0.6) is 0 Å². The summed E-state index contributed by atoms with van der Waals surface area (Å²) < 4.78 is 8.12. The van der Waals surface area contributed by atoms with Gasteiger partial charge in [0.1, 0.15) is 0 Å². The zero-order chi connectivity index (χ0) is 14.6. The molecule has 1 atom stereocenters.